The predicted octanol–water partition coefficient (Wildman–Crippen LogP) is 2.88. The van der Waals surface area contributed by atoms with Gasteiger partial charge in [0.2, 0.25) is 0 Å². The zero-order valence-corrected chi connectivity index (χ0v) is 11.5. The summed E-state index contributed by atoms with van der Waals surface area (Å²) >= 11 is 5.81. The summed E-state index contributed by atoms with van der Waals surface area (Å²) in [6.07, 6.45) is 2.70. The molecule has 4 heteroatoms. The van der Waals surface area contributed by atoms with Crippen molar-refractivity contribution >= 4 is 11.6 Å². The lowest BCUT2D eigenvalue weighted by Crippen LogP contribution is -2.39. The minimum Gasteiger partial charge on any atom is -0.492 e. The highest BCUT2D eigenvalue weighted by Crippen LogP contribution is 2.16. The van der Waals surface area contributed by atoms with E-state index in [4.69, 9.17) is 21.1 Å². The predicted molar refractivity (Wildman–Crippen MR) is 73.4 cm³/mol. The van der Waals surface area contributed by atoms with Crippen LogP contribution < -0.4 is 10.1 Å². The zero-order valence-electron chi connectivity index (χ0n) is 10.7. The number of hydrogen-bond acceptors (Lipinski definition) is 3. The molecular weight excluding hydrogens is 250 g/mol. The summed E-state index contributed by atoms with van der Waals surface area (Å²) in [4.78, 5) is 0. The second-order valence-electron chi connectivity index (χ2n) is 4.60. The van der Waals surface area contributed by atoms with Crippen LogP contribution in [0.3, 0.4) is 0 Å². The monoisotopic (exact) mass is 269 g/mol. The Morgan fingerprint density at radius 2 is 2.22 bits per heavy atom. The van der Waals surface area contributed by atoms with E-state index in [9.17, 15) is 0 Å². The first kappa shape index (κ1) is 13.7. The molecule has 1 aliphatic heterocycles. The van der Waals surface area contributed by atoms with Crippen LogP contribution in [0.2, 0.25) is 5.02 Å². The average Bonchev–Trinajstić information content (AvgIpc) is 2.90. The first-order valence-corrected chi connectivity index (χ1v) is 6.87. The van der Waals surface area contributed by atoms with E-state index in [-0.39, 0.29) is 0 Å². The Hall–Kier alpha value is -0.770. The van der Waals surface area contributed by atoms with Crippen molar-refractivity contribution in [1.82, 2.24) is 5.32 Å². The highest BCUT2D eigenvalue weighted by molar-refractivity contribution is 6.30. The van der Waals surface area contributed by atoms with Crippen molar-refractivity contribution in [1.29, 1.82) is 0 Å². The molecule has 0 bridgehead atoms. The van der Waals surface area contributed by atoms with E-state index in [1.807, 2.05) is 24.3 Å². The number of hydrogen-bond donors (Lipinski definition) is 1. The van der Waals surface area contributed by atoms with Gasteiger partial charge in [0, 0.05) is 24.2 Å². The molecule has 2 atom stereocenters. The van der Waals surface area contributed by atoms with Gasteiger partial charge in [-0.3, -0.25) is 0 Å². The first-order valence-electron chi connectivity index (χ1n) is 6.49. The van der Waals surface area contributed by atoms with E-state index < -0.39 is 0 Å². The van der Waals surface area contributed by atoms with E-state index in [1.165, 1.54) is 6.42 Å². The van der Waals surface area contributed by atoms with Crippen molar-refractivity contribution in [3.63, 3.8) is 0 Å². The van der Waals surface area contributed by atoms with E-state index in [2.05, 4.69) is 12.2 Å². The highest BCUT2D eigenvalue weighted by atomic mass is 35.5. The van der Waals surface area contributed by atoms with E-state index in [1.54, 1.807) is 0 Å². The third-order valence-corrected chi connectivity index (χ3v) is 3.43. The average molecular weight is 270 g/mol. The lowest BCUT2D eigenvalue weighted by molar-refractivity contribution is 0.0824. The molecule has 0 saturated carbocycles. The minimum absolute atomic E-state index is 0.362. The molecule has 0 aromatic heterocycles. The summed E-state index contributed by atoms with van der Waals surface area (Å²) < 4.78 is 11.2. The van der Waals surface area contributed by atoms with Crippen LogP contribution in [0.5, 0.6) is 5.75 Å². The van der Waals surface area contributed by atoms with Crippen molar-refractivity contribution in [2.75, 3.05) is 19.8 Å². The molecule has 2 rings (SSSR count). The first-order chi connectivity index (χ1) is 8.75. The van der Waals surface area contributed by atoms with Crippen molar-refractivity contribution in [2.24, 2.45) is 0 Å². The summed E-state index contributed by atoms with van der Waals surface area (Å²) in [6.45, 7) is 4.54. The summed E-state index contributed by atoms with van der Waals surface area (Å²) in [5, 5.41) is 4.16. The molecule has 0 spiro atoms. The molecule has 1 N–H and O–H groups in total. The van der Waals surface area contributed by atoms with Crippen molar-refractivity contribution in [2.45, 2.75) is 31.9 Å². The van der Waals surface area contributed by atoms with Gasteiger partial charge in [0.1, 0.15) is 12.4 Å². The van der Waals surface area contributed by atoms with Gasteiger partial charge < -0.3 is 14.8 Å². The molecule has 1 fully saturated rings. The maximum atomic E-state index is 5.81. The Morgan fingerprint density at radius 3 is 2.89 bits per heavy atom. The van der Waals surface area contributed by atoms with E-state index in [0.29, 0.717) is 18.8 Å². The molecule has 0 aliphatic carbocycles. The number of halogens is 1. The lowest BCUT2D eigenvalue weighted by Gasteiger charge is -2.20. The summed E-state index contributed by atoms with van der Waals surface area (Å²) in [7, 11) is 0. The van der Waals surface area contributed by atoms with Crippen LogP contribution in [-0.2, 0) is 4.74 Å². The number of ether oxygens (including phenoxy) is 2. The molecule has 1 aromatic carbocycles. The molecule has 0 radical (unpaired) electrons. The molecule has 1 saturated heterocycles. The normalized spacial score (nSPS) is 20.9. The number of rotatable bonds is 6. The SMILES string of the molecule is CC(NCCOc1ccc(Cl)cc1)C1CCCO1. The standard InChI is InChI=1S/C14H20ClNO2/c1-11(14-3-2-9-18-14)16-8-10-17-13-6-4-12(15)5-7-13/h4-7,11,14,16H,2-3,8-10H2,1H3. The van der Waals surface area contributed by atoms with Crippen LogP contribution in [0, 0.1) is 0 Å². The largest absolute Gasteiger partial charge is 0.492 e. The second-order valence-corrected chi connectivity index (χ2v) is 5.03. The summed E-state index contributed by atoms with van der Waals surface area (Å²) in [5.74, 6) is 0.853. The van der Waals surface area contributed by atoms with E-state index >= 15 is 0 Å². The Bertz CT molecular complexity index is 349. The zero-order chi connectivity index (χ0) is 12.8. The topological polar surface area (TPSA) is 30.5 Å². The second kappa shape index (κ2) is 6.98. The molecule has 1 aliphatic rings. The van der Waals surface area contributed by atoms with Gasteiger partial charge in [-0.25, -0.2) is 0 Å². The minimum atomic E-state index is 0.362. The van der Waals surface area contributed by atoms with Crippen molar-refractivity contribution < 1.29 is 9.47 Å². The van der Waals surface area contributed by atoms with Crippen LogP contribution in [0.15, 0.2) is 24.3 Å². The van der Waals surface area contributed by atoms with Crippen LogP contribution in [0.4, 0.5) is 0 Å². The van der Waals surface area contributed by atoms with Gasteiger partial charge in [0.15, 0.2) is 0 Å². The lowest BCUT2D eigenvalue weighted by atomic mass is 10.1. The quantitative estimate of drug-likeness (QED) is 0.806. The van der Waals surface area contributed by atoms with Crippen molar-refractivity contribution in [3.8, 4) is 5.75 Å². The van der Waals surface area contributed by atoms with E-state index in [0.717, 1.165) is 30.3 Å². The molecule has 18 heavy (non-hydrogen) atoms. The maximum Gasteiger partial charge on any atom is 0.119 e. The van der Waals surface area contributed by atoms with Crippen LogP contribution in [-0.4, -0.2) is 31.9 Å². The Kier molecular flexibility index (Phi) is 5.29. The third-order valence-electron chi connectivity index (χ3n) is 3.17. The van der Waals surface area contributed by atoms with Gasteiger partial charge in [-0.2, -0.15) is 0 Å². The van der Waals surface area contributed by atoms with Gasteiger partial charge in [0.05, 0.1) is 6.10 Å². The Balaban J connectivity index is 1.62. The Labute approximate surface area is 113 Å². The highest BCUT2D eigenvalue weighted by Gasteiger charge is 2.21. The van der Waals surface area contributed by atoms with Gasteiger partial charge in [-0.1, -0.05) is 11.6 Å². The molecule has 1 heterocycles. The van der Waals surface area contributed by atoms with Gasteiger partial charge in [-0.15, -0.1) is 0 Å². The Morgan fingerprint density at radius 1 is 1.44 bits per heavy atom. The van der Waals surface area contributed by atoms with Crippen LogP contribution >= 0.6 is 11.6 Å². The van der Waals surface area contributed by atoms with Crippen LogP contribution in [0.1, 0.15) is 19.8 Å². The molecule has 3 nitrogen and oxygen atoms in total. The molecule has 100 valence electrons. The van der Waals surface area contributed by atoms with Crippen molar-refractivity contribution in [3.05, 3.63) is 29.3 Å². The fourth-order valence-corrected chi connectivity index (χ4v) is 2.24. The van der Waals surface area contributed by atoms with Gasteiger partial charge >= 0.3 is 0 Å². The molecule has 2 unspecified atom stereocenters. The van der Waals surface area contributed by atoms with Gasteiger partial charge in [-0.05, 0) is 44.0 Å². The maximum absolute atomic E-state index is 5.81. The fourth-order valence-electron chi connectivity index (χ4n) is 2.11. The summed E-state index contributed by atoms with van der Waals surface area (Å²) in [6, 6.07) is 7.82. The summed E-state index contributed by atoms with van der Waals surface area (Å²) in [5.41, 5.74) is 0. The van der Waals surface area contributed by atoms with Gasteiger partial charge in [0.25, 0.3) is 0 Å². The molecular formula is C14H20ClNO2. The molecule has 1 aromatic rings. The number of benzene rings is 1. The fraction of sp³-hybridized carbons (Fsp3) is 0.571. The third kappa shape index (κ3) is 4.16. The number of nitrogens with one attached hydrogen (secondary N) is 1. The van der Waals surface area contributed by atoms with Crippen LogP contribution in [0.25, 0.3) is 0 Å². The molecule has 0 amide bonds. The smallest absolute Gasteiger partial charge is 0.119 e.